The third kappa shape index (κ3) is 6.59. The molecule has 0 spiro atoms. The van der Waals surface area contributed by atoms with Crippen LogP contribution >= 0.6 is 24.0 Å². The number of benzene rings is 2. The second-order valence-corrected chi connectivity index (χ2v) is 8.20. The van der Waals surface area contributed by atoms with Gasteiger partial charge < -0.3 is 19.5 Å². The minimum atomic E-state index is -0.164. The first-order valence-electron chi connectivity index (χ1n) is 9.27. The van der Waals surface area contributed by atoms with E-state index in [2.05, 4.69) is 25.2 Å². The second kappa shape index (κ2) is 10.4. The number of carbonyl (C=O) groups is 1. The zero-order chi connectivity index (χ0) is 20.6. The van der Waals surface area contributed by atoms with Crippen LogP contribution in [0.25, 0.3) is 6.08 Å². The number of ether oxygens (including phenoxy) is 3. The van der Waals surface area contributed by atoms with E-state index >= 15 is 0 Å². The fourth-order valence-corrected chi connectivity index (χ4v) is 3.65. The van der Waals surface area contributed by atoms with Crippen molar-refractivity contribution >= 4 is 40.3 Å². The molecule has 1 aliphatic heterocycles. The van der Waals surface area contributed by atoms with Crippen LogP contribution < -0.4 is 14.8 Å². The van der Waals surface area contributed by atoms with E-state index in [-0.39, 0.29) is 5.91 Å². The zero-order valence-corrected chi connectivity index (χ0v) is 18.0. The quantitative estimate of drug-likeness (QED) is 0.365. The molecular formula is C22H23NO4S2. The molecule has 0 aromatic heterocycles. The van der Waals surface area contributed by atoms with Gasteiger partial charge in [-0.05, 0) is 60.9 Å². The lowest BCUT2D eigenvalue weighted by molar-refractivity contribution is -0.115. The maximum Gasteiger partial charge on any atom is 0.263 e. The number of thioether (sulfide) groups is 1. The Balaban J connectivity index is 1.36. The van der Waals surface area contributed by atoms with Gasteiger partial charge in [0.2, 0.25) is 0 Å². The Morgan fingerprint density at radius 1 is 0.966 bits per heavy atom. The van der Waals surface area contributed by atoms with Crippen LogP contribution in [0.5, 0.6) is 11.5 Å². The van der Waals surface area contributed by atoms with E-state index in [1.54, 1.807) is 6.08 Å². The fourth-order valence-electron chi connectivity index (χ4n) is 2.61. The second-order valence-electron chi connectivity index (χ2n) is 6.48. The van der Waals surface area contributed by atoms with Crippen molar-refractivity contribution in [1.29, 1.82) is 0 Å². The molecule has 0 bridgehead atoms. The highest BCUT2D eigenvalue weighted by Gasteiger charge is 2.21. The normalized spacial score (nSPS) is 14.9. The van der Waals surface area contributed by atoms with Gasteiger partial charge in [0.1, 0.15) is 29.0 Å². The molecule has 152 valence electrons. The topological polar surface area (TPSA) is 56.8 Å². The average Bonchev–Trinajstić information content (AvgIpc) is 3.01. The molecule has 0 aliphatic carbocycles. The third-order valence-electron chi connectivity index (χ3n) is 4.27. The number of thiocarbonyl (C=S) groups is 1. The van der Waals surface area contributed by atoms with Crippen molar-refractivity contribution < 1.29 is 19.0 Å². The van der Waals surface area contributed by atoms with Gasteiger partial charge in [-0.2, -0.15) is 0 Å². The summed E-state index contributed by atoms with van der Waals surface area (Å²) in [5.41, 5.74) is 3.34. The van der Waals surface area contributed by atoms with Gasteiger partial charge in [0, 0.05) is 0 Å². The number of carbonyl (C=O) groups excluding carboxylic acids is 1. The molecule has 5 nitrogen and oxygen atoms in total. The van der Waals surface area contributed by atoms with Gasteiger partial charge in [-0.1, -0.05) is 42.2 Å². The molecule has 7 heteroatoms. The summed E-state index contributed by atoms with van der Waals surface area (Å²) < 4.78 is 17.5. The molecule has 29 heavy (non-hydrogen) atoms. The first-order chi connectivity index (χ1) is 14.0. The highest BCUT2D eigenvalue weighted by molar-refractivity contribution is 8.26. The highest BCUT2D eigenvalue weighted by Crippen LogP contribution is 2.26. The molecule has 2 aromatic rings. The maximum absolute atomic E-state index is 11.7. The van der Waals surface area contributed by atoms with E-state index in [9.17, 15) is 4.79 Å². The predicted octanol–water partition coefficient (Wildman–Crippen LogP) is 4.27. The summed E-state index contributed by atoms with van der Waals surface area (Å²) >= 11 is 6.26. The van der Waals surface area contributed by atoms with Gasteiger partial charge in [-0.3, -0.25) is 4.79 Å². The largest absolute Gasteiger partial charge is 0.491 e. The van der Waals surface area contributed by atoms with Gasteiger partial charge in [-0.15, -0.1) is 0 Å². The molecule has 1 aliphatic rings. The Labute approximate surface area is 180 Å². The standard InChI is InChI=1S/C22H23NO4S2/c1-15-6-7-19(12-16(15)2)27-11-9-25-8-10-26-18-5-3-4-17(13-18)14-20-21(24)23-22(28)29-20/h3-7,12-14H,8-11H2,1-2H3,(H,23,24,28)/b20-14+. The van der Waals surface area contributed by atoms with Crippen molar-refractivity contribution in [1.82, 2.24) is 5.32 Å². The summed E-state index contributed by atoms with van der Waals surface area (Å²) in [5, 5.41) is 2.61. The highest BCUT2D eigenvalue weighted by atomic mass is 32.2. The summed E-state index contributed by atoms with van der Waals surface area (Å²) in [5.74, 6) is 1.41. The van der Waals surface area contributed by atoms with E-state index in [1.807, 2.05) is 36.4 Å². The summed E-state index contributed by atoms with van der Waals surface area (Å²) in [6, 6.07) is 13.6. The smallest absolute Gasteiger partial charge is 0.263 e. The Kier molecular flexibility index (Phi) is 7.69. The first kappa shape index (κ1) is 21.4. The molecule has 0 radical (unpaired) electrons. The van der Waals surface area contributed by atoms with Gasteiger partial charge >= 0.3 is 0 Å². The Morgan fingerprint density at radius 2 is 1.69 bits per heavy atom. The minimum Gasteiger partial charge on any atom is -0.491 e. The van der Waals surface area contributed by atoms with Crippen molar-refractivity contribution in [3.8, 4) is 11.5 Å². The summed E-state index contributed by atoms with van der Waals surface area (Å²) in [6.45, 7) is 6.03. The number of aryl methyl sites for hydroxylation is 2. The van der Waals surface area contributed by atoms with Gasteiger partial charge in [0.25, 0.3) is 5.91 Å². The number of nitrogens with one attached hydrogen (secondary N) is 1. The monoisotopic (exact) mass is 429 g/mol. The van der Waals surface area contributed by atoms with Crippen LogP contribution in [-0.2, 0) is 9.53 Å². The maximum atomic E-state index is 11.7. The molecule has 0 saturated carbocycles. The van der Waals surface area contributed by atoms with E-state index in [4.69, 9.17) is 26.4 Å². The molecule has 0 unspecified atom stereocenters. The number of hydrogen-bond donors (Lipinski definition) is 1. The van der Waals surface area contributed by atoms with Crippen LogP contribution in [0.15, 0.2) is 47.4 Å². The number of rotatable bonds is 9. The number of hydrogen-bond acceptors (Lipinski definition) is 6. The lowest BCUT2D eigenvalue weighted by Gasteiger charge is -2.10. The Bertz CT molecular complexity index is 927. The summed E-state index contributed by atoms with van der Waals surface area (Å²) in [7, 11) is 0. The SMILES string of the molecule is Cc1ccc(OCCOCCOc2cccc(/C=C3/SC(=S)NC3=O)c2)cc1C. The van der Waals surface area contributed by atoms with Crippen molar-refractivity contribution in [2.75, 3.05) is 26.4 Å². The van der Waals surface area contributed by atoms with Gasteiger partial charge in [0.05, 0.1) is 18.1 Å². The first-order valence-corrected chi connectivity index (χ1v) is 10.5. The van der Waals surface area contributed by atoms with Crippen LogP contribution in [0.3, 0.4) is 0 Å². The molecule has 1 amide bonds. The third-order valence-corrected chi connectivity index (χ3v) is 5.43. The molecule has 1 fully saturated rings. The molecule has 0 atom stereocenters. The summed E-state index contributed by atoms with van der Waals surface area (Å²) in [4.78, 5) is 12.3. The average molecular weight is 430 g/mol. The predicted molar refractivity (Wildman–Crippen MR) is 120 cm³/mol. The van der Waals surface area contributed by atoms with E-state index < -0.39 is 0 Å². The lowest BCUT2D eigenvalue weighted by Crippen LogP contribution is -2.17. The fraction of sp³-hybridized carbons (Fsp3) is 0.273. The Hall–Kier alpha value is -2.35. The van der Waals surface area contributed by atoms with E-state index in [1.165, 1.54) is 22.9 Å². The summed E-state index contributed by atoms with van der Waals surface area (Å²) in [6.07, 6.45) is 1.80. The number of amides is 1. The Morgan fingerprint density at radius 3 is 2.34 bits per heavy atom. The molecule has 1 saturated heterocycles. The van der Waals surface area contributed by atoms with Crippen molar-refractivity contribution in [2.24, 2.45) is 0 Å². The van der Waals surface area contributed by atoms with Gasteiger partial charge in [-0.25, -0.2) is 0 Å². The van der Waals surface area contributed by atoms with Crippen LogP contribution in [0.2, 0.25) is 0 Å². The molecule has 2 aromatic carbocycles. The van der Waals surface area contributed by atoms with E-state index in [0.717, 1.165) is 17.1 Å². The molecule has 1 N–H and O–H groups in total. The molecule has 3 rings (SSSR count). The van der Waals surface area contributed by atoms with Crippen LogP contribution in [-0.4, -0.2) is 36.7 Å². The van der Waals surface area contributed by atoms with Crippen LogP contribution in [0.4, 0.5) is 0 Å². The van der Waals surface area contributed by atoms with Crippen molar-refractivity contribution in [3.05, 3.63) is 64.1 Å². The van der Waals surface area contributed by atoms with Gasteiger partial charge in [0.15, 0.2) is 0 Å². The zero-order valence-electron chi connectivity index (χ0n) is 16.4. The molecule has 1 heterocycles. The van der Waals surface area contributed by atoms with Crippen LogP contribution in [0.1, 0.15) is 16.7 Å². The van der Waals surface area contributed by atoms with Crippen molar-refractivity contribution in [3.63, 3.8) is 0 Å². The van der Waals surface area contributed by atoms with Crippen LogP contribution in [0, 0.1) is 13.8 Å². The minimum absolute atomic E-state index is 0.164. The molecular weight excluding hydrogens is 406 g/mol. The lowest BCUT2D eigenvalue weighted by atomic mass is 10.1. The van der Waals surface area contributed by atoms with Crippen molar-refractivity contribution in [2.45, 2.75) is 13.8 Å². The van der Waals surface area contributed by atoms with E-state index in [0.29, 0.717) is 35.7 Å².